The molecule has 1 aliphatic rings. The zero-order valence-electron chi connectivity index (χ0n) is 17.8. The standard InChI is InChI=1S/C24H24N2O5/c1-26-11-10-19-17(13-26)23(16-6-4-5-7-18(16)25-19)24(28)31-14-20(27)15-8-9-21(29-2)22(12-15)30-3/h4-9,12H,10-11,13-14H2,1-3H3. The smallest absolute Gasteiger partial charge is 0.339 e. The molecule has 0 unspecified atom stereocenters. The summed E-state index contributed by atoms with van der Waals surface area (Å²) in [6.07, 6.45) is 0.765. The number of likely N-dealkylation sites (N-methyl/N-ethyl adjacent to an activating group) is 1. The van der Waals surface area contributed by atoms with Gasteiger partial charge in [0.15, 0.2) is 23.9 Å². The number of nitrogens with zero attached hydrogens (tertiary/aromatic N) is 2. The molecule has 31 heavy (non-hydrogen) atoms. The van der Waals surface area contributed by atoms with Crippen LogP contribution in [0.15, 0.2) is 42.5 Å². The van der Waals surface area contributed by atoms with E-state index in [9.17, 15) is 9.59 Å². The Bertz CT molecular complexity index is 1160. The summed E-state index contributed by atoms with van der Waals surface area (Å²) in [4.78, 5) is 32.7. The van der Waals surface area contributed by atoms with E-state index >= 15 is 0 Å². The van der Waals surface area contributed by atoms with E-state index in [2.05, 4.69) is 4.90 Å². The normalized spacial score (nSPS) is 13.5. The number of fused-ring (bicyclic) bond motifs is 2. The van der Waals surface area contributed by atoms with Crippen LogP contribution in [0.25, 0.3) is 10.9 Å². The zero-order valence-corrected chi connectivity index (χ0v) is 17.8. The number of Topliss-reactive ketones (excluding diaryl/α,β-unsaturated/α-hetero) is 1. The van der Waals surface area contributed by atoms with Crippen LogP contribution in [-0.2, 0) is 17.7 Å². The van der Waals surface area contributed by atoms with Gasteiger partial charge >= 0.3 is 5.97 Å². The highest BCUT2D eigenvalue weighted by Crippen LogP contribution is 2.29. The van der Waals surface area contributed by atoms with Crippen molar-refractivity contribution in [1.29, 1.82) is 0 Å². The molecule has 0 amide bonds. The van der Waals surface area contributed by atoms with Gasteiger partial charge in [-0.15, -0.1) is 0 Å². The third kappa shape index (κ3) is 4.09. The minimum atomic E-state index is -0.515. The Hall–Kier alpha value is -3.45. The summed E-state index contributed by atoms with van der Waals surface area (Å²) in [6.45, 7) is 1.13. The molecule has 0 radical (unpaired) electrons. The molecule has 0 aliphatic carbocycles. The van der Waals surface area contributed by atoms with Gasteiger partial charge in [0.05, 0.1) is 25.3 Å². The number of benzene rings is 2. The van der Waals surface area contributed by atoms with E-state index in [0.717, 1.165) is 35.1 Å². The Kier molecular flexibility index (Phi) is 5.86. The largest absolute Gasteiger partial charge is 0.493 e. The van der Waals surface area contributed by atoms with Gasteiger partial charge in [-0.2, -0.15) is 0 Å². The average molecular weight is 420 g/mol. The Balaban J connectivity index is 1.61. The second-order valence-corrected chi connectivity index (χ2v) is 7.49. The van der Waals surface area contributed by atoms with Crippen LogP contribution in [0.4, 0.5) is 0 Å². The Morgan fingerprint density at radius 2 is 1.84 bits per heavy atom. The fourth-order valence-corrected chi connectivity index (χ4v) is 3.85. The number of carbonyl (C=O) groups is 2. The summed E-state index contributed by atoms with van der Waals surface area (Å²) in [7, 11) is 5.03. The number of ketones is 1. The highest BCUT2D eigenvalue weighted by molar-refractivity contribution is 6.06. The van der Waals surface area contributed by atoms with Crippen LogP contribution in [0, 0.1) is 0 Å². The predicted octanol–water partition coefficient (Wildman–Crippen LogP) is 3.28. The van der Waals surface area contributed by atoms with E-state index in [4.69, 9.17) is 19.2 Å². The quantitative estimate of drug-likeness (QED) is 0.447. The first kappa shape index (κ1) is 20.8. The lowest BCUT2D eigenvalue weighted by atomic mass is 9.96. The van der Waals surface area contributed by atoms with Crippen molar-refractivity contribution in [1.82, 2.24) is 9.88 Å². The zero-order chi connectivity index (χ0) is 22.0. The number of hydrogen-bond acceptors (Lipinski definition) is 7. The van der Waals surface area contributed by atoms with Crippen molar-refractivity contribution in [2.75, 3.05) is 34.4 Å². The maximum atomic E-state index is 13.1. The molecule has 7 heteroatoms. The van der Waals surface area contributed by atoms with Crippen molar-refractivity contribution >= 4 is 22.7 Å². The topological polar surface area (TPSA) is 78.0 Å². The first-order valence-corrected chi connectivity index (χ1v) is 10.0. The Morgan fingerprint density at radius 3 is 2.61 bits per heavy atom. The molecule has 160 valence electrons. The van der Waals surface area contributed by atoms with Crippen LogP contribution in [0.3, 0.4) is 0 Å². The molecular formula is C24H24N2O5. The molecule has 0 bridgehead atoms. The molecule has 4 rings (SSSR count). The number of ether oxygens (including phenoxy) is 3. The predicted molar refractivity (Wildman–Crippen MR) is 116 cm³/mol. The van der Waals surface area contributed by atoms with Crippen LogP contribution < -0.4 is 9.47 Å². The van der Waals surface area contributed by atoms with Gasteiger partial charge in [-0.3, -0.25) is 9.78 Å². The van der Waals surface area contributed by atoms with E-state index in [1.807, 2.05) is 31.3 Å². The number of aromatic nitrogens is 1. The monoisotopic (exact) mass is 420 g/mol. The van der Waals surface area contributed by atoms with E-state index in [1.165, 1.54) is 14.2 Å². The lowest BCUT2D eigenvalue weighted by Crippen LogP contribution is -2.29. The van der Waals surface area contributed by atoms with Crippen LogP contribution in [0.5, 0.6) is 11.5 Å². The molecule has 2 aromatic carbocycles. The SMILES string of the molecule is COc1ccc(C(=O)COC(=O)c2c3c(nc4ccccc24)CCN(C)C3)cc1OC. The van der Waals surface area contributed by atoms with Crippen molar-refractivity contribution < 1.29 is 23.8 Å². The number of rotatable bonds is 6. The lowest BCUT2D eigenvalue weighted by molar-refractivity contribution is 0.0474. The van der Waals surface area contributed by atoms with Crippen molar-refractivity contribution in [3.63, 3.8) is 0 Å². The number of methoxy groups -OCH3 is 2. The van der Waals surface area contributed by atoms with Gasteiger partial charge in [-0.25, -0.2) is 4.79 Å². The molecule has 0 fully saturated rings. The molecule has 2 heterocycles. The third-order valence-corrected chi connectivity index (χ3v) is 5.48. The third-order valence-electron chi connectivity index (χ3n) is 5.48. The Morgan fingerprint density at radius 1 is 1.06 bits per heavy atom. The number of pyridine rings is 1. The van der Waals surface area contributed by atoms with Gasteiger partial charge < -0.3 is 19.1 Å². The number of para-hydroxylation sites is 1. The molecule has 7 nitrogen and oxygen atoms in total. The maximum absolute atomic E-state index is 13.1. The fraction of sp³-hybridized carbons (Fsp3) is 0.292. The molecule has 3 aromatic rings. The number of esters is 1. The van der Waals surface area contributed by atoms with Crippen LogP contribution >= 0.6 is 0 Å². The fourth-order valence-electron chi connectivity index (χ4n) is 3.85. The molecule has 1 aliphatic heterocycles. The maximum Gasteiger partial charge on any atom is 0.339 e. The van der Waals surface area contributed by atoms with E-state index < -0.39 is 5.97 Å². The van der Waals surface area contributed by atoms with Crippen molar-refractivity contribution in [3.05, 3.63) is 64.8 Å². The highest BCUT2D eigenvalue weighted by Gasteiger charge is 2.26. The summed E-state index contributed by atoms with van der Waals surface area (Å²) in [5, 5.41) is 0.736. The summed E-state index contributed by atoms with van der Waals surface area (Å²) in [5.41, 5.74) is 3.41. The molecule has 0 N–H and O–H groups in total. The molecule has 0 atom stereocenters. The van der Waals surface area contributed by atoms with Crippen molar-refractivity contribution in [3.8, 4) is 11.5 Å². The molecule has 0 saturated carbocycles. The minimum Gasteiger partial charge on any atom is -0.493 e. The van der Waals surface area contributed by atoms with Crippen LogP contribution in [-0.4, -0.2) is 56.1 Å². The van der Waals surface area contributed by atoms with Gasteiger partial charge in [0.1, 0.15) is 0 Å². The van der Waals surface area contributed by atoms with E-state index in [1.54, 1.807) is 18.2 Å². The molecular weight excluding hydrogens is 396 g/mol. The molecule has 0 saturated heterocycles. The van der Waals surface area contributed by atoms with Gasteiger partial charge in [-0.05, 0) is 31.3 Å². The van der Waals surface area contributed by atoms with Gasteiger partial charge in [0, 0.05) is 41.7 Å². The molecule has 0 spiro atoms. The van der Waals surface area contributed by atoms with Gasteiger partial charge in [0.2, 0.25) is 0 Å². The van der Waals surface area contributed by atoms with Gasteiger partial charge in [0.25, 0.3) is 0 Å². The second-order valence-electron chi connectivity index (χ2n) is 7.49. The van der Waals surface area contributed by atoms with Crippen molar-refractivity contribution in [2.45, 2.75) is 13.0 Å². The summed E-state index contributed by atoms with van der Waals surface area (Å²) >= 11 is 0. The number of hydrogen-bond donors (Lipinski definition) is 0. The Labute approximate surface area is 180 Å². The van der Waals surface area contributed by atoms with E-state index in [0.29, 0.717) is 29.2 Å². The van der Waals surface area contributed by atoms with Crippen LogP contribution in [0.2, 0.25) is 0 Å². The minimum absolute atomic E-state index is 0.321. The summed E-state index contributed by atoms with van der Waals surface area (Å²) < 4.78 is 15.9. The molecule has 1 aromatic heterocycles. The lowest BCUT2D eigenvalue weighted by Gasteiger charge is -2.26. The van der Waals surface area contributed by atoms with Gasteiger partial charge in [-0.1, -0.05) is 18.2 Å². The first-order valence-electron chi connectivity index (χ1n) is 10.0. The van der Waals surface area contributed by atoms with E-state index in [-0.39, 0.29) is 12.4 Å². The van der Waals surface area contributed by atoms with Crippen molar-refractivity contribution in [2.24, 2.45) is 0 Å². The average Bonchev–Trinajstić information content (AvgIpc) is 2.80. The van der Waals surface area contributed by atoms with Crippen LogP contribution in [0.1, 0.15) is 32.0 Å². The summed E-state index contributed by atoms with van der Waals surface area (Å²) in [5.74, 6) is 0.129. The highest BCUT2D eigenvalue weighted by atomic mass is 16.5. The second kappa shape index (κ2) is 8.73. The number of carbonyl (C=O) groups excluding carboxylic acids is 2. The summed E-state index contributed by atoms with van der Waals surface area (Å²) in [6, 6.07) is 12.4. The first-order chi connectivity index (χ1) is 15.0.